The molecular formula is C23H29NO3S. The molecule has 3 rings (SSSR count). The molecule has 2 aromatic carbocycles. The van der Waals surface area contributed by atoms with Crippen LogP contribution in [-0.2, 0) is 19.9 Å². The van der Waals surface area contributed by atoms with Crippen LogP contribution in [0.5, 0.6) is 0 Å². The highest BCUT2D eigenvalue weighted by molar-refractivity contribution is 7.99. The number of rotatable bonds is 6. The van der Waals surface area contributed by atoms with Gasteiger partial charge in [-0.2, -0.15) is 0 Å². The first-order valence-corrected chi connectivity index (χ1v) is 10.5. The third-order valence-corrected chi connectivity index (χ3v) is 6.75. The van der Waals surface area contributed by atoms with Crippen LogP contribution in [0.3, 0.4) is 0 Å². The van der Waals surface area contributed by atoms with Gasteiger partial charge in [0, 0.05) is 43.7 Å². The molecular weight excluding hydrogens is 370 g/mol. The molecule has 1 saturated carbocycles. The van der Waals surface area contributed by atoms with Crippen LogP contribution in [-0.4, -0.2) is 33.3 Å². The Labute approximate surface area is 172 Å². The predicted molar refractivity (Wildman–Crippen MR) is 114 cm³/mol. The van der Waals surface area contributed by atoms with Gasteiger partial charge in [-0.05, 0) is 67.6 Å². The van der Waals surface area contributed by atoms with Crippen LogP contribution in [0.2, 0.25) is 0 Å². The molecule has 0 aliphatic heterocycles. The van der Waals surface area contributed by atoms with E-state index >= 15 is 0 Å². The zero-order chi connectivity index (χ0) is 20.1. The van der Waals surface area contributed by atoms with Crippen LogP contribution in [0.15, 0.2) is 58.3 Å². The molecule has 4 nitrogen and oxygen atoms in total. The minimum atomic E-state index is -0.223. The van der Waals surface area contributed by atoms with Gasteiger partial charge in [-0.25, -0.2) is 0 Å². The zero-order valence-electron chi connectivity index (χ0n) is 17.1. The summed E-state index contributed by atoms with van der Waals surface area (Å²) in [6.07, 6.45) is 4.33. The number of methoxy groups -OCH3 is 2. The Kier molecular flexibility index (Phi) is 6.81. The number of anilines is 1. The summed E-state index contributed by atoms with van der Waals surface area (Å²) < 4.78 is 11.5. The van der Waals surface area contributed by atoms with Crippen LogP contribution in [0.1, 0.15) is 38.2 Å². The number of carbonyl (C=O) groups is 1. The summed E-state index contributed by atoms with van der Waals surface area (Å²) >= 11 is 1.73. The molecule has 0 spiro atoms. The Balaban J connectivity index is 1.75. The summed E-state index contributed by atoms with van der Waals surface area (Å²) in [7, 11) is 5.40. The smallest absolute Gasteiger partial charge is 0.223 e. The van der Waals surface area contributed by atoms with Crippen molar-refractivity contribution in [2.24, 2.45) is 0 Å². The molecule has 1 aliphatic carbocycles. The molecule has 2 aromatic rings. The van der Waals surface area contributed by atoms with Gasteiger partial charge >= 0.3 is 0 Å². The molecule has 0 bridgehead atoms. The topological polar surface area (TPSA) is 38.8 Å². The minimum absolute atomic E-state index is 0.0289. The predicted octanol–water partition coefficient (Wildman–Crippen LogP) is 5.25. The first-order valence-electron chi connectivity index (χ1n) is 9.68. The lowest BCUT2D eigenvalue weighted by atomic mass is 9.78. The third kappa shape index (κ3) is 4.59. The molecule has 0 radical (unpaired) electrons. The number of ether oxygens (including phenoxy) is 2. The van der Waals surface area contributed by atoms with Gasteiger partial charge in [0.05, 0.1) is 11.7 Å². The lowest BCUT2D eigenvalue weighted by molar-refractivity contribution is -0.116. The summed E-state index contributed by atoms with van der Waals surface area (Å²) in [5, 5.41) is 0. The van der Waals surface area contributed by atoms with Crippen LogP contribution in [0, 0.1) is 0 Å². The SMILES string of the molecule is COC1CCC(OC)(c2cccc(Sc3ccc(N(C)C(C)=O)cc3)c2)CC1. The fourth-order valence-electron chi connectivity index (χ4n) is 3.80. The Morgan fingerprint density at radius 3 is 2.32 bits per heavy atom. The fraction of sp³-hybridized carbons (Fsp3) is 0.435. The average Bonchev–Trinajstić information content (AvgIpc) is 2.74. The Bertz CT molecular complexity index is 798. The highest BCUT2D eigenvalue weighted by Crippen LogP contribution is 2.42. The second-order valence-corrected chi connectivity index (χ2v) is 8.48. The molecule has 0 unspecified atom stereocenters. The number of amides is 1. The van der Waals surface area contributed by atoms with Gasteiger partial charge in [0.25, 0.3) is 0 Å². The molecule has 0 heterocycles. The second kappa shape index (κ2) is 9.12. The van der Waals surface area contributed by atoms with Gasteiger partial charge in [0.1, 0.15) is 0 Å². The average molecular weight is 400 g/mol. The molecule has 0 N–H and O–H groups in total. The normalized spacial score (nSPS) is 22.1. The summed E-state index contributed by atoms with van der Waals surface area (Å²) in [5.74, 6) is 0.0289. The van der Waals surface area contributed by atoms with E-state index in [2.05, 4.69) is 36.4 Å². The number of nitrogens with zero attached hydrogens (tertiary/aromatic N) is 1. The van der Waals surface area contributed by atoms with E-state index in [0.29, 0.717) is 6.10 Å². The number of hydrogen-bond donors (Lipinski definition) is 0. The monoisotopic (exact) mass is 399 g/mol. The Morgan fingerprint density at radius 2 is 1.75 bits per heavy atom. The minimum Gasteiger partial charge on any atom is -0.381 e. The molecule has 5 heteroatoms. The lowest BCUT2D eigenvalue weighted by Gasteiger charge is -2.39. The molecule has 0 aromatic heterocycles. The largest absolute Gasteiger partial charge is 0.381 e. The van der Waals surface area contributed by atoms with Crippen molar-refractivity contribution < 1.29 is 14.3 Å². The number of hydrogen-bond acceptors (Lipinski definition) is 4. The molecule has 0 saturated heterocycles. The van der Waals surface area contributed by atoms with Crippen molar-refractivity contribution in [3.05, 3.63) is 54.1 Å². The molecule has 1 fully saturated rings. The van der Waals surface area contributed by atoms with E-state index in [0.717, 1.165) is 36.3 Å². The van der Waals surface area contributed by atoms with Crippen molar-refractivity contribution in [1.29, 1.82) is 0 Å². The van der Waals surface area contributed by atoms with E-state index in [1.165, 1.54) is 10.5 Å². The first-order chi connectivity index (χ1) is 13.5. The summed E-state index contributed by atoms with van der Waals surface area (Å²) in [6.45, 7) is 1.57. The second-order valence-electron chi connectivity index (χ2n) is 7.34. The maximum Gasteiger partial charge on any atom is 0.223 e. The van der Waals surface area contributed by atoms with Gasteiger partial charge in [-0.3, -0.25) is 4.79 Å². The van der Waals surface area contributed by atoms with Crippen LogP contribution < -0.4 is 4.90 Å². The highest BCUT2D eigenvalue weighted by Gasteiger charge is 2.37. The highest BCUT2D eigenvalue weighted by atomic mass is 32.2. The number of benzene rings is 2. The van der Waals surface area contributed by atoms with Gasteiger partial charge in [0.15, 0.2) is 0 Å². The maximum absolute atomic E-state index is 11.5. The van der Waals surface area contributed by atoms with E-state index < -0.39 is 0 Å². The molecule has 1 aliphatic rings. The quantitative estimate of drug-likeness (QED) is 0.665. The molecule has 28 heavy (non-hydrogen) atoms. The summed E-state index contributed by atoms with van der Waals surface area (Å²) in [4.78, 5) is 15.5. The van der Waals surface area contributed by atoms with Crippen LogP contribution >= 0.6 is 11.8 Å². The molecule has 1 amide bonds. The third-order valence-electron chi connectivity index (χ3n) is 5.76. The lowest BCUT2D eigenvalue weighted by Crippen LogP contribution is -2.35. The number of carbonyl (C=O) groups excluding carboxylic acids is 1. The van der Waals surface area contributed by atoms with E-state index in [4.69, 9.17) is 9.47 Å². The maximum atomic E-state index is 11.5. The van der Waals surface area contributed by atoms with Gasteiger partial charge < -0.3 is 14.4 Å². The fourth-order valence-corrected chi connectivity index (χ4v) is 4.68. The van der Waals surface area contributed by atoms with E-state index in [1.54, 1.807) is 37.7 Å². The first kappa shape index (κ1) is 20.9. The van der Waals surface area contributed by atoms with E-state index in [-0.39, 0.29) is 11.5 Å². The Hall–Kier alpha value is -1.82. The van der Waals surface area contributed by atoms with E-state index in [9.17, 15) is 4.79 Å². The Morgan fingerprint density at radius 1 is 1.07 bits per heavy atom. The van der Waals surface area contributed by atoms with Gasteiger partial charge in [-0.15, -0.1) is 0 Å². The van der Waals surface area contributed by atoms with Crippen molar-refractivity contribution in [2.75, 3.05) is 26.2 Å². The van der Waals surface area contributed by atoms with Crippen LogP contribution in [0.25, 0.3) is 0 Å². The van der Waals surface area contributed by atoms with Gasteiger partial charge in [0.2, 0.25) is 5.91 Å². The van der Waals surface area contributed by atoms with Crippen molar-refractivity contribution >= 4 is 23.4 Å². The standard InChI is InChI=1S/C23H29NO3S/c1-17(25)24(2)19-8-10-21(11-9-19)28-22-7-5-6-18(16-22)23(27-4)14-12-20(26-3)13-15-23/h5-11,16,20H,12-15H2,1-4H3. The van der Waals surface area contributed by atoms with Crippen LogP contribution in [0.4, 0.5) is 5.69 Å². The summed E-state index contributed by atoms with van der Waals surface area (Å²) in [5.41, 5.74) is 1.92. The zero-order valence-corrected chi connectivity index (χ0v) is 17.9. The molecule has 150 valence electrons. The van der Waals surface area contributed by atoms with Crippen molar-refractivity contribution in [2.45, 2.75) is 54.1 Å². The summed E-state index contributed by atoms with van der Waals surface area (Å²) in [6, 6.07) is 16.7. The van der Waals surface area contributed by atoms with Crippen molar-refractivity contribution in [3.8, 4) is 0 Å². The van der Waals surface area contributed by atoms with Crippen molar-refractivity contribution in [3.63, 3.8) is 0 Å². The van der Waals surface area contributed by atoms with Gasteiger partial charge in [-0.1, -0.05) is 23.9 Å². The van der Waals surface area contributed by atoms with E-state index in [1.807, 2.05) is 19.2 Å². The molecule has 0 atom stereocenters. The van der Waals surface area contributed by atoms with Crippen molar-refractivity contribution in [1.82, 2.24) is 0 Å².